The van der Waals surface area contributed by atoms with Gasteiger partial charge < -0.3 is 9.47 Å². The number of esters is 1. The zero-order valence-corrected chi connectivity index (χ0v) is 23.0. The van der Waals surface area contributed by atoms with Crippen molar-refractivity contribution in [3.05, 3.63) is 99.3 Å². The molecule has 1 saturated heterocycles. The van der Waals surface area contributed by atoms with Crippen LogP contribution < -0.4 is 0 Å². The summed E-state index contributed by atoms with van der Waals surface area (Å²) in [6.07, 6.45) is -0.299. The van der Waals surface area contributed by atoms with Gasteiger partial charge in [0.15, 0.2) is 0 Å². The molecule has 38 heavy (non-hydrogen) atoms. The number of methoxy groups -OCH3 is 1. The molecule has 4 rings (SSSR count). The SMILES string of the molecule is COC(=O)c1ccc(CO[C@H](CN2CCN(S(=O)(=O)c3ccc(F)c(Cl)c3)CC2)c2ccc(Cl)cc2)cc1. The summed E-state index contributed by atoms with van der Waals surface area (Å²) < 4.78 is 52.0. The lowest BCUT2D eigenvalue weighted by molar-refractivity contribution is 0.00771. The predicted octanol–water partition coefficient (Wildman–Crippen LogP) is 5.18. The van der Waals surface area contributed by atoms with Gasteiger partial charge in [0.25, 0.3) is 0 Å². The van der Waals surface area contributed by atoms with Crippen molar-refractivity contribution in [3.63, 3.8) is 0 Å². The summed E-state index contributed by atoms with van der Waals surface area (Å²) in [4.78, 5) is 13.8. The Kier molecular flexibility index (Phi) is 9.40. The Hall–Kier alpha value is -2.53. The number of sulfonamides is 1. The molecule has 3 aromatic rings. The largest absolute Gasteiger partial charge is 0.465 e. The number of hydrogen-bond acceptors (Lipinski definition) is 6. The Morgan fingerprint density at radius 2 is 1.63 bits per heavy atom. The van der Waals surface area contributed by atoms with Crippen LogP contribution in [0.3, 0.4) is 0 Å². The molecule has 0 amide bonds. The van der Waals surface area contributed by atoms with E-state index in [4.69, 9.17) is 32.7 Å². The molecule has 202 valence electrons. The zero-order chi connectivity index (χ0) is 27.3. The minimum Gasteiger partial charge on any atom is -0.465 e. The molecule has 1 atom stereocenters. The maximum absolute atomic E-state index is 13.5. The van der Waals surface area contributed by atoms with Crippen LogP contribution >= 0.6 is 23.2 Å². The second kappa shape index (κ2) is 12.5. The molecule has 0 N–H and O–H groups in total. The number of rotatable bonds is 9. The van der Waals surface area contributed by atoms with E-state index in [1.54, 1.807) is 24.3 Å². The molecule has 1 aliphatic heterocycles. The highest BCUT2D eigenvalue weighted by atomic mass is 35.5. The second-order valence-electron chi connectivity index (χ2n) is 8.82. The van der Waals surface area contributed by atoms with E-state index < -0.39 is 21.8 Å². The lowest BCUT2D eigenvalue weighted by Crippen LogP contribution is -2.49. The average Bonchev–Trinajstić information content (AvgIpc) is 2.93. The predicted molar refractivity (Wildman–Crippen MR) is 143 cm³/mol. The first-order valence-corrected chi connectivity index (χ1v) is 14.1. The highest BCUT2D eigenvalue weighted by Crippen LogP contribution is 2.26. The van der Waals surface area contributed by atoms with E-state index in [9.17, 15) is 17.6 Å². The van der Waals surface area contributed by atoms with E-state index in [0.29, 0.717) is 36.8 Å². The molecule has 1 aliphatic rings. The monoisotopic (exact) mass is 580 g/mol. The molecule has 0 saturated carbocycles. The summed E-state index contributed by atoms with van der Waals surface area (Å²) >= 11 is 11.9. The van der Waals surface area contributed by atoms with Crippen LogP contribution in [0.15, 0.2) is 71.6 Å². The maximum atomic E-state index is 13.5. The minimum atomic E-state index is -3.79. The molecule has 3 aromatic carbocycles. The molecule has 0 unspecified atom stereocenters. The lowest BCUT2D eigenvalue weighted by atomic mass is 10.1. The molecule has 7 nitrogen and oxygen atoms in total. The molecular weight excluding hydrogens is 554 g/mol. The van der Waals surface area contributed by atoms with Gasteiger partial charge >= 0.3 is 5.97 Å². The van der Waals surface area contributed by atoms with Gasteiger partial charge in [-0.2, -0.15) is 4.31 Å². The summed E-state index contributed by atoms with van der Waals surface area (Å²) in [5.74, 6) is -1.07. The Labute approximate surface area is 231 Å². The fourth-order valence-corrected chi connectivity index (χ4v) is 5.98. The van der Waals surface area contributed by atoms with Crippen LogP contribution in [-0.4, -0.2) is 63.4 Å². The summed E-state index contributed by atoms with van der Waals surface area (Å²) in [6.45, 7) is 2.40. The normalized spacial score (nSPS) is 15.8. The molecule has 1 fully saturated rings. The highest BCUT2D eigenvalue weighted by Gasteiger charge is 2.30. The average molecular weight is 581 g/mol. The van der Waals surface area contributed by atoms with Crippen molar-refractivity contribution in [1.82, 2.24) is 9.21 Å². The van der Waals surface area contributed by atoms with Crippen molar-refractivity contribution in [2.75, 3.05) is 39.8 Å². The van der Waals surface area contributed by atoms with Gasteiger partial charge in [-0.3, -0.25) is 4.90 Å². The standard InChI is InChI=1S/C27H27Cl2FN2O5S/c1-36-27(33)21-4-2-19(3-5-21)18-37-26(20-6-8-22(28)9-7-20)17-31-12-14-32(15-13-31)38(34,35)23-10-11-25(30)24(29)16-23/h2-11,16,26H,12-15,17-18H2,1H3/t26-/m1/s1. The second-order valence-corrected chi connectivity index (χ2v) is 11.6. The third kappa shape index (κ3) is 6.91. The van der Waals surface area contributed by atoms with E-state index in [0.717, 1.165) is 23.3 Å². The smallest absolute Gasteiger partial charge is 0.337 e. The third-order valence-electron chi connectivity index (χ3n) is 6.35. The molecular formula is C27H27Cl2FN2O5S. The van der Waals surface area contributed by atoms with Gasteiger partial charge in [-0.1, -0.05) is 47.5 Å². The van der Waals surface area contributed by atoms with E-state index >= 15 is 0 Å². The van der Waals surface area contributed by atoms with Crippen LogP contribution in [0.1, 0.15) is 27.6 Å². The Bertz CT molecular complexity index is 1360. The van der Waals surface area contributed by atoms with Crippen molar-refractivity contribution in [3.8, 4) is 0 Å². The van der Waals surface area contributed by atoms with E-state index in [2.05, 4.69) is 4.90 Å². The fourth-order valence-electron chi connectivity index (χ4n) is 4.16. The summed E-state index contributed by atoms with van der Waals surface area (Å²) in [5, 5.41) is 0.387. The van der Waals surface area contributed by atoms with E-state index in [1.807, 2.05) is 24.3 Å². The molecule has 0 spiro atoms. The van der Waals surface area contributed by atoms with Crippen molar-refractivity contribution in [2.24, 2.45) is 0 Å². The fraction of sp³-hybridized carbons (Fsp3) is 0.296. The van der Waals surface area contributed by atoms with Gasteiger partial charge in [-0.15, -0.1) is 0 Å². The summed E-state index contributed by atoms with van der Waals surface area (Å²) in [5.41, 5.74) is 2.29. The first-order chi connectivity index (χ1) is 18.2. The first-order valence-electron chi connectivity index (χ1n) is 11.9. The number of benzene rings is 3. The van der Waals surface area contributed by atoms with Gasteiger partial charge in [0.05, 0.1) is 35.3 Å². The number of carbonyl (C=O) groups excluding carboxylic acids is 1. The Morgan fingerprint density at radius 1 is 0.974 bits per heavy atom. The number of ether oxygens (including phenoxy) is 2. The number of piperazine rings is 1. The third-order valence-corrected chi connectivity index (χ3v) is 8.79. The van der Waals surface area contributed by atoms with Gasteiger partial charge in [0.1, 0.15) is 5.82 Å². The summed E-state index contributed by atoms with van der Waals surface area (Å²) in [6, 6.07) is 17.9. The maximum Gasteiger partial charge on any atom is 0.337 e. The minimum absolute atomic E-state index is 0.0297. The molecule has 11 heteroatoms. The van der Waals surface area contributed by atoms with E-state index in [-0.39, 0.29) is 29.1 Å². The summed E-state index contributed by atoms with van der Waals surface area (Å²) in [7, 11) is -2.45. The zero-order valence-electron chi connectivity index (χ0n) is 20.6. The number of halogens is 3. The Balaban J connectivity index is 1.41. The lowest BCUT2D eigenvalue weighted by Gasteiger charge is -2.36. The number of carbonyl (C=O) groups is 1. The quantitative estimate of drug-likeness (QED) is 0.324. The van der Waals surface area contributed by atoms with Gasteiger partial charge in [-0.05, 0) is 53.6 Å². The number of hydrogen-bond donors (Lipinski definition) is 0. The van der Waals surface area contributed by atoms with E-state index in [1.165, 1.54) is 17.5 Å². The molecule has 0 aliphatic carbocycles. The first kappa shape index (κ1) is 28.5. The van der Waals surface area contributed by atoms with Crippen LogP contribution in [0.25, 0.3) is 0 Å². The molecule has 0 bridgehead atoms. The molecule has 0 radical (unpaired) electrons. The Morgan fingerprint density at radius 3 is 2.24 bits per heavy atom. The highest BCUT2D eigenvalue weighted by molar-refractivity contribution is 7.89. The van der Waals surface area contributed by atoms with Crippen LogP contribution in [0.2, 0.25) is 10.0 Å². The van der Waals surface area contributed by atoms with Crippen molar-refractivity contribution >= 4 is 39.2 Å². The van der Waals surface area contributed by atoms with Crippen LogP contribution in [0.5, 0.6) is 0 Å². The van der Waals surface area contributed by atoms with Crippen LogP contribution in [0.4, 0.5) is 4.39 Å². The van der Waals surface area contributed by atoms with Gasteiger partial charge in [-0.25, -0.2) is 17.6 Å². The number of nitrogens with zero attached hydrogens (tertiary/aromatic N) is 2. The van der Waals surface area contributed by atoms with Crippen LogP contribution in [0, 0.1) is 5.82 Å². The molecule has 0 aromatic heterocycles. The van der Waals surface area contributed by atoms with Crippen molar-refractivity contribution < 1.29 is 27.1 Å². The van der Waals surface area contributed by atoms with Crippen molar-refractivity contribution in [1.29, 1.82) is 0 Å². The topological polar surface area (TPSA) is 76.2 Å². The van der Waals surface area contributed by atoms with Crippen molar-refractivity contribution in [2.45, 2.75) is 17.6 Å². The van der Waals surface area contributed by atoms with Gasteiger partial charge in [0, 0.05) is 37.7 Å². The van der Waals surface area contributed by atoms with Crippen LogP contribution in [-0.2, 0) is 26.1 Å². The van der Waals surface area contributed by atoms with Gasteiger partial charge in [0.2, 0.25) is 10.0 Å². The molecule has 1 heterocycles.